The number of methoxy groups -OCH3 is 1. The quantitative estimate of drug-likeness (QED) is 0.264. The zero-order chi connectivity index (χ0) is 31.0. The molecule has 0 radical (unpaired) electrons. The van der Waals surface area contributed by atoms with Crippen molar-refractivity contribution in [1.29, 1.82) is 0 Å². The molecule has 3 aromatic heterocycles. The monoisotopic (exact) mass is 603 g/mol. The Hall–Kier alpha value is -4.70. The molecule has 3 fully saturated rings. The molecule has 2 saturated carbocycles. The first-order valence-corrected chi connectivity index (χ1v) is 15.8. The number of piperidine rings is 1. The zero-order valence-corrected chi connectivity index (χ0v) is 25.8. The van der Waals surface area contributed by atoms with Crippen LogP contribution in [0.5, 0.6) is 5.75 Å². The van der Waals surface area contributed by atoms with Gasteiger partial charge in [0.15, 0.2) is 5.82 Å². The molecule has 230 valence electrons. The van der Waals surface area contributed by atoms with Gasteiger partial charge in [-0.25, -0.2) is 9.97 Å². The van der Waals surface area contributed by atoms with Gasteiger partial charge in [0.2, 0.25) is 5.91 Å². The highest BCUT2D eigenvalue weighted by atomic mass is 16.5. The highest BCUT2D eigenvalue weighted by Gasteiger charge is 2.47. The fourth-order valence-electron chi connectivity index (χ4n) is 7.41. The van der Waals surface area contributed by atoms with Gasteiger partial charge in [-0.3, -0.25) is 9.59 Å². The summed E-state index contributed by atoms with van der Waals surface area (Å²) in [6.45, 7) is 3.08. The number of aryl methyl sites for hydroxylation is 1. The van der Waals surface area contributed by atoms with E-state index in [1.165, 1.54) is 19.8 Å². The first kappa shape index (κ1) is 27.8. The van der Waals surface area contributed by atoms with E-state index in [1.54, 1.807) is 7.11 Å². The van der Waals surface area contributed by atoms with Crippen molar-refractivity contribution in [1.82, 2.24) is 24.0 Å². The number of aromatic nitrogens is 4. The maximum atomic E-state index is 13.7. The van der Waals surface area contributed by atoms with Gasteiger partial charge in [0.1, 0.15) is 16.9 Å². The SMILES string of the molecule is COc1cc(C(=O)N2C[C@H]3CC[C@@H]2[C@@H]3N)cc2nc(-c3cc4ccc(-c5ccc(NC(C)=O)cc5)nc4n3CC3CC3)n(C)c12. The number of hydrogen-bond donors (Lipinski definition) is 2. The first-order valence-electron chi connectivity index (χ1n) is 15.8. The van der Waals surface area contributed by atoms with Crippen LogP contribution < -0.4 is 15.8 Å². The fraction of sp³-hybridized carbons (Fsp3) is 0.371. The van der Waals surface area contributed by atoms with Crippen LogP contribution in [0.3, 0.4) is 0 Å². The minimum Gasteiger partial charge on any atom is -0.494 e. The summed E-state index contributed by atoms with van der Waals surface area (Å²) < 4.78 is 10.2. The van der Waals surface area contributed by atoms with Gasteiger partial charge in [0.05, 0.1) is 24.0 Å². The van der Waals surface area contributed by atoms with E-state index in [1.807, 2.05) is 54.4 Å². The van der Waals surface area contributed by atoms with Crippen LogP contribution in [0.4, 0.5) is 5.69 Å². The van der Waals surface area contributed by atoms with E-state index < -0.39 is 0 Å². The maximum Gasteiger partial charge on any atom is 0.254 e. The molecule has 4 heterocycles. The Bertz CT molecular complexity index is 1990. The number of hydrogen-bond acceptors (Lipinski definition) is 6. The molecule has 3 N–H and O–H groups in total. The molecule has 1 aliphatic heterocycles. The van der Waals surface area contributed by atoms with Gasteiger partial charge in [0, 0.05) is 61.3 Å². The summed E-state index contributed by atoms with van der Waals surface area (Å²) in [6, 6.07) is 18.0. The van der Waals surface area contributed by atoms with E-state index in [4.69, 9.17) is 20.4 Å². The van der Waals surface area contributed by atoms with Crippen molar-refractivity contribution in [2.24, 2.45) is 24.6 Å². The zero-order valence-electron chi connectivity index (χ0n) is 25.8. The molecule has 1 saturated heterocycles. The summed E-state index contributed by atoms with van der Waals surface area (Å²) in [5, 5.41) is 3.86. The molecule has 2 amide bonds. The summed E-state index contributed by atoms with van der Waals surface area (Å²) in [4.78, 5) is 37.4. The molecule has 2 bridgehead atoms. The summed E-state index contributed by atoms with van der Waals surface area (Å²) in [6.07, 6.45) is 4.46. The highest BCUT2D eigenvalue weighted by Crippen LogP contribution is 2.40. The van der Waals surface area contributed by atoms with Gasteiger partial charge in [0.25, 0.3) is 5.91 Å². The number of nitrogens with zero attached hydrogens (tertiary/aromatic N) is 5. The lowest BCUT2D eigenvalue weighted by Gasteiger charge is -2.27. The number of carbonyl (C=O) groups is 2. The van der Waals surface area contributed by atoms with Crippen LogP contribution in [-0.4, -0.2) is 61.6 Å². The predicted molar refractivity (Wildman–Crippen MR) is 174 cm³/mol. The van der Waals surface area contributed by atoms with Crippen molar-refractivity contribution >= 4 is 39.6 Å². The van der Waals surface area contributed by atoms with E-state index in [0.29, 0.717) is 29.7 Å². The van der Waals surface area contributed by atoms with Gasteiger partial charge in [-0.1, -0.05) is 12.1 Å². The average Bonchev–Trinajstić information content (AvgIpc) is 3.44. The Kier molecular flexibility index (Phi) is 6.46. The van der Waals surface area contributed by atoms with Crippen LogP contribution in [0.1, 0.15) is 43.0 Å². The summed E-state index contributed by atoms with van der Waals surface area (Å²) in [5.41, 5.74) is 13.1. The van der Waals surface area contributed by atoms with E-state index in [2.05, 4.69) is 26.6 Å². The molecule has 3 aliphatic rings. The number of anilines is 1. The Labute approximate surface area is 261 Å². The number of ether oxygens (including phenoxy) is 1. The number of benzene rings is 2. The topological polar surface area (TPSA) is 120 Å². The van der Waals surface area contributed by atoms with E-state index in [-0.39, 0.29) is 23.9 Å². The Morgan fingerprint density at radius 3 is 2.49 bits per heavy atom. The van der Waals surface area contributed by atoms with Crippen molar-refractivity contribution in [2.45, 2.75) is 51.2 Å². The number of carbonyl (C=O) groups excluding carboxylic acids is 2. The maximum absolute atomic E-state index is 13.7. The second-order valence-electron chi connectivity index (χ2n) is 12.9. The third-order valence-electron chi connectivity index (χ3n) is 9.93. The summed E-state index contributed by atoms with van der Waals surface area (Å²) >= 11 is 0. The number of fused-ring (bicyclic) bond motifs is 4. The number of imidazole rings is 1. The summed E-state index contributed by atoms with van der Waals surface area (Å²) in [7, 11) is 3.64. The molecule has 3 atom stereocenters. The number of amides is 2. The molecular weight excluding hydrogens is 566 g/mol. The van der Waals surface area contributed by atoms with Gasteiger partial charge < -0.3 is 29.8 Å². The van der Waals surface area contributed by atoms with Crippen molar-refractivity contribution in [2.75, 3.05) is 19.0 Å². The third-order valence-corrected chi connectivity index (χ3v) is 9.93. The van der Waals surface area contributed by atoms with Gasteiger partial charge in [-0.2, -0.15) is 0 Å². The van der Waals surface area contributed by atoms with Crippen molar-refractivity contribution in [3.63, 3.8) is 0 Å². The normalized spacial score (nSPS) is 20.8. The Balaban J connectivity index is 1.20. The number of nitrogens with two attached hydrogens (primary N) is 1. The molecule has 10 nitrogen and oxygen atoms in total. The van der Waals surface area contributed by atoms with Crippen LogP contribution in [-0.2, 0) is 18.4 Å². The van der Waals surface area contributed by atoms with Crippen LogP contribution >= 0.6 is 0 Å². The highest BCUT2D eigenvalue weighted by molar-refractivity contribution is 6.00. The Morgan fingerprint density at radius 1 is 1.02 bits per heavy atom. The smallest absolute Gasteiger partial charge is 0.254 e. The average molecular weight is 604 g/mol. The molecule has 5 aromatic rings. The molecular formula is C35H37N7O3. The number of nitrogens with one attached hydrogen (secondary N) is 1. The number of likely N-dealkylation sites (tertiary alicyclic amines) is 1. The molecule has 2 aliphatic carbocycles. The molecule has 0 spiro atoms. The lowest BCUT2D eigenvalue weighted by atomic mass is 10.1. The Morgan fingerprint density at radius 2 is 1.82 bits per heavy atom. The van der Waals surface area contributed by atoms with E-state index >= 15 is 0 Å². The minimum atomic E-state index is -0.0988. The largest absolute Gasteiger partial charge is 0.494 e. The van der Waals surface area contributed by atoms with Crippen LogP contribution in [0.15, 0.2) is 54.6 Å². The van der Waals surface area contributed by atoms with Crippen LogP contribution in [0.2, 0.25) is 0 Å². The van der Waals surface area contributed by atoms with Gasteiger partial charge in [-0.05, 0) is 80.0 Å². The number of rotatable bonds is 7. The first-order chi connectivity index (χ1) is 21.8. The van der Waals surface area contributed by atoms with Crippen LogP contribution in [0, 0.1) is 11.8 Å². The molecule has 10 heteroatoms. The fourth-order valence-corrected chi connectivity index (χ4v) is 7.41. The van der Waals surface area contributed by atoms with E-state index in [0.717, 1.165) is 69.9 Å². The molecule has 2 aromatic carbocycles. The van der Waals surface area contributed by atoms with Gasteiger partial charge in [-0.15, -0.1) is 0 Å². The lowest BCUT2D eigenvalue weighted by Crippen LogP contribution is -2.41. The molecule has 0 unspecified atom stereocenters. The van der Waals surface area contributed by atoms with Crippen molar-refractivity contribution < 1.29 is 14.3 Å². The molecule has 45 heavy (non-hydrogen) atoms. The van der Waals surface area contributed by atoms with Crippen molar-refractivity contribution in [3.05, 3.63) is 60.2 Å². The second kappa shape index (κ2) is 10.4. The van der Waals surface area contributed by atoms with Crippen molar-refractivity contribution in [3.8, 4) is 28.5 Å². The lowest BCUT2D eigenvalue weighted by molar-refractivity contribution is -0.114. The molecule has 8 rings (SSSR count). The number of pyridine rings is 1. The summed E-state index contributed by atoms with van der Waals surface area (Å²) in [5.74, 6) is 2.32. The second-order valence-corrected chi connectivity index (χ2v) is 12.9. The minimum absolute atomic E-state index is 0.00487. The predicted octanol–water partition coefficient (Wildman–Crippen LogP) is 5.20. The van der Waals surface area contributed by atoms with E-state index in [9.17, 15) is 9.59 Å². The standard InChI is InChI=1S/C35H37N7O3/c1-19(43)37-25-10-6-21(7-11-25)26-12-8-22-15-29(41(33(22)38-26)17-20-4-5-20)34-39-27-14-24(16-30(45-3)32(27)40(34)2)35(44)42-18-23-9-13-28(42)31(23)36/h6-8,10-12,14-16,20,23,28,31H,4-5,9,13,17-18,36H2,1-3H3,(H,37,43)/t23-,28-,31-/m1/s1. The van der Waals surface area contributed by atoms with Gasteiger partial charge >= 0.3 is 0 Å². The van der Waals surface area contributed by atoms with Crippen LogP contribution in [0.25, 0.3) is 44.8 Å². The third kappa shape index (κ3) is 4.66.